The second-order valence-electron chi connectivity index (χ2n) is 5.03. The Morgan fingerprint density at radius 3 is 2.35 bits per heavy atom. The monoisotopic (exact) mass is 246 g/mol. The summed E-state index contributed by atoms with van der Waals surface area (Å²) in [6.07, 6.45) is 0. The van der Waals surface area contributed by atoms with E-state index in [4.69, 9.17) is 4.74 Å². The lowest BCUT2D eigenvalue weighted by Gasteiger charge is -2.20. The van der Waals surface area contributed by atoms with Gasteiger partial charge < -0.3 is 4.74 Å². The van der Waals surface area contributed by atoms with Crippen LogP contribution >= 0.6 is 11.8 Å². The van der Waals surface area contributed by atoms with Crippen molar-refractivity contribution < 1.29 is 4.74 Å². The lowest BCUT2D eigenvalue weighted by molar-refractivity contribution is 0.406. The quantitative estimate of drug-likeness (QED) is 0.708. The molecule has 2 aromatic rings. The molecule has 0 saturated carbocycles. The molecular formula is C15H18OS. The molecule has 2 heteroatoms. The summed E-state index contributed by atoms with van der Waals surface area (Å²) in [5.74, 6) is 0.962. The second kappa shape index (κ2) is 4.61. The fraction of sp³-hybridized carbons (Fsp3) is 0.333. The molecule has 0 spiro atoms. The summed E-state index contributed by atoms with van der Waals surface area (Å²) in [6.45, 7) is 6.66. The molecule has 0 bridgehead atoms. The maximum atomic E-state index is 5.48. The Hall–Kier alpha value is -1.15. The fourth-order valence-electron chi connectivity index (χ4n) is 1.80. The van der Waals surface area contributed by atoms with Gasteiger partial charge in [0, 0.05) is 4.75 Å². The van der Waals surface area contributed by atoms with E-state index in [0.29, 0.717) is 0 Å². The average molecular weight is 246 g/mol. The Balaban J connectivity index is 2.63. The summed E-state index contributed by atoms with van der Waals surface area (Å²) in [5, 5.41) is 2.53. The lowest BCUT2D eigenvalue weighted by atomic mass is 10.1. The zero-order valence-electron chi connectivity index (χ0n) is 10.8. The third kappa shape index (κ3) is 2.75. The molecule has 0 aromatic heterocycles. The molecular weight excluding hydrogens is 228 g/mol. The van der Waals surface area contributed by atoms with E-state index in [2.05, 4.69) is 57.2 Å². The molecule has 0 atom stereocenters. The highest BCUT2D eigenvalue weighted by Crippen LogP contribution is 2.42. The Bertz CT molecular complexity index is 526. The van der Waals surface area contributed by atoms with Crippen LogP contribution in [0.1, 0.15) is 20.8 Å². The van der Waals surface area contributed by atoms with E-state index in [1.165, 1.54) is 15.7 Å². The van der Waals surface area contributed by atoms with Crippen molar-refractivity contribution in [3.05, 3.63) is 36.4 Å². The number of rotatable bonds is 2. The van der Waals surface area contributed by atoms with Crippen LogP contribution in [0.3, 0.4) is 0 Å². The van der Waals surface area contributed by atoms with Crippen LogP contribution in [0.25, 0.3) is 10.8 Å². The van der Waals surface area contributed by atoms with E-state index in [9.17, 15) is 0 Å². The van der Waals surface area contributed by atoms with Crippen LogP contribution < -0.4 is 4.74 Å². The highest BCUT2D eigenvalue weighted by molar-refractivity contribution is 8.00. The number of hydrogen-bond donors (Lipinski definition) is 0. The van der Waals surface area contributed by atoms with Crippen LogP contribution in [0.2, 0.25) is 0 Å². The third-order valence-electron chi connectivity index (χ3n) is 2.47. The molecule has 17 heavy (non-hydrogen) atoms. The minimum atomic E-state index is 0.178. The summed E-state index contributed by atoms with van der Waals surface area (Å²) in [6, 6.07) is 12.6. The predicted molar refractivity (Wildman–Crippen MR) is 76.1 cm³/mol. The van der Waals surface area contributed by atoms with E-state index < -0.39 is 0 Å². The van der Waals surface area contributed by atoms with Crippen molar-refractivity contribution in [3.63, 3.8) is 0 Å². The van der Waals surface area contributed by atoms with Crippen LogP contribution in [0.15, 0.2) is 41.3 Å². The van der Waals surface area contributed by atoms with Gasteiger partial charge in [0.2, 0.25) is 0 Å². The van der Waals surface area contributed by atoms with Crippen molar-refractivity contribution in [1.29, 1.82) is 0 Å². The van der Waals surface area contributed by atoms with Gasteiger partial charge in [-0.3, -0.25) is 0 Å². The first-order valence-electron chi connectivity index (χ1n) is 5.76. The summed E-state index contributed by atoms with van der Waals surface area (Å²) in [5.41, 5.74) is 0. The lowest BCUT2D eigenvalue weighted by Crippen LogP contribution is -2.07. The molecule has 0 radical (unpaired) electrons. The molecule has 0 N–H and O–H groups in total. The maximum absolute atomic E-state index is 5.48. The minimum Gasteiger partial charge on any atom is -0.496 e. The molecule has 0 unspecified atom stereocenters. The number of hydrogen-bond acceptors (Lipinski definition) is 2. The highest BCUT2D eigenvalue weighted by Gasteiger charge is 2.17. The number of ether oxygens (including phenoxy) is 1. The predicted octanol–water partition coefficient (Wildman–Crippen LogP) is 4.74. The summed E-state index contributed by atoms with van der Waals surface area (Å²) in [7, 11) is 1.73. The Morgan fingerprint density at radius 2 is 1.71 bits per heavy atom. The van der Waals surface area contributed by atoms with Gasteiger partial charge >= 0.3 is 0 Å². The van der Waals surface area contributed by atoms with Gasteiger partial charge in [-0.25, -0.2) is 0 Å². The van der Waals surface area contributed by atoms with Gasteiger partial charge in [-0.2, -0.15) is 0 Å². The van der Waals surface area contributed by atoms with Crippen LogP contribution in [0.5, 0.6) is 5.75 Å². The first-order chi connectivity index (χ1) is 8.01. The smallest absolute Gasteiger partial charge is 0.133 e. The number of fused-ring (bicyclic) bond motifs is 1. The normalized spacial score (nSPS) is 11.8. The first kappa shape index (κ1) is 12.3. The van der Waals surface area contributed by atoms with Gasteiger partial charge in [-0.15, -0.1) is 11.8 Å². The molecule has 0 aliphatic rings. The SMILES string of the molecule is COc1ccc2ccccc2c1SC(C)(C)C. The van der Waals surface area contributed by atoms with Crippen molar-refractivity contribution in [2.24, 2.45) is 0 Å². The summed E-state index contributed by atoms with van der Waals surface area (Å²) < 4.78 is 5.66. The third-order valence-corrected chi connectivity index (χ3v) is 3.71. The molecule has 0 fully saturated rings. The van der Waals surface area contributed by atoms with Gasteiger partial charge in [-0.05, 0) is 16.8 Å². The first-order valence-corrected chi connectivity index (χ1v) is 6.58. The number of benzene rings is 2. The standard InChI is InChI=1S/C15H18OS/c1-15(2,3)17-14-12-8-6-5-7-11(12)9-10-13(14)16-4/h5-10H,1-4H3. The molecule has 2 rings (SSSR count). The Morgan fingerprint density at radius 1 is 1.00 bits per heavy atom. The van der Waals surface area contributed by atoms with E-state index in [0.717, 1.165) is 5.75 Å². The molecule has 0 aliphatic carbocycles. The Kier molecular flexibility index (Phi) is 3.34. The van der Waals surface area contributed by atoms with Crippen LogP contribution in [0, 0.1) is 0 Å². The van der Waals surface area contributed by atoms with Crippen molar-refractivity contribution in [2.45, 2.75) is 30.4 Å². The maximum Gasteiger partial charge on any atom is 0.133 e. The summed E-state index contributed by atoms with van der Waals surface area (Å²) in [4.78, 5) is 1.23. The molecule has 2 aromatic carbocycles. The van der Waals surface area contributed by atoms with Crippen molar-refractivity contribution in [1.82, 2.24) is 0 Å². The molecule has 0 heterocycles. The van der Waals surface area contributed by atoms with Crippen LogP contribution in [0.4, 0.5) is 0 Å². The largest absolute Gasteiger partial charge is 0.496 e. The van der Waals surface area contributed by atoms with E-state index >= 15 is 0 Å². The van der Waals surface area contributed by atoms with Gasteiger partial charge in [0.05, 0.1) is 12.0 Å². The van der Waals surface area contributed by atoms with E-state index in [1.54, 1.807) is 7.11 Å². The topological polar surface area (TPSA) is 9.23 Å². The average Bonchev–Trinajstić information content (AvgIpc) is 2.28. The van der Waals surface area contributed by atoms with Gasteiger partial charge in [0.15, 0.2) is 0 Å². The van der Waals surface area contributed by atoms with Crippen LogP contribution in [-0.2, 0) is 0 Å². The van der Waals surface area contributed by atoms with Crippen LogP contribution in [-0.4, -0.2) is 11.9 Å². The molecule has 90 valence electrons. The van der Waals surface area contributed by atoms with Gasteiger partial charge in [-0.1, -0.05) is 51.1 Å². The van der Waals surface area contributed by atoms with Crippen molar-refractivity contribution >= 4 is 22.5 Å². The molecule has 0 amide bonds. The second-order valence-corrected chi connectivity index (χ2v) is 6.87. The molecule has 0 aliphatic heterocycles. The Labute approximate surface area is 107 Å². The van der Waals surface area contributed by atoms with E-state index in [-0.39, 0.29) is 4.75 Å². The molecule has 0 saturated heterocycles. The fourth-order valence-corrected chi connectivity index (χ4v) is 2.96. The highest BCUT2D eigenvalue weighted by atomic mass is 32.2. The minimum absolute atomic E-state index is 0.178. The number of methoxy groups -OCH3 is 1. The molecule has 1 nitrogen and oxygen atoms in total. The zero-order valence-corrected chi connectivity index (χ0v) is 11.6. The van der Waals surface area contributed by atoms with E-state index in [1.807, 2.05) is 11.8 Å². The number of thioether (sulfide) groups is 1. The van der Waals surface area contributed by atoms with Gasteiger partial charge in [0.1, 0.15) is 5.75 Å². The zero-order chi connectivity index (χ0) is 12.5. The van der Waals surface area contributed by atoms with Crippen molar-refractivity contribution in [2.75, 3.05) is 7.11 Å². The summed E-state index contributed by atoms with van der Waals surface area (Å²) >= 11 is 1.86. The van der Waals surface area contributed by atoms with Crippen molar-refractivity contribution in [3.8, 4) is 5.75 Å². The van der Waals surface area contributed by atoms with Gasteiger partial charge in [0.25, 0.3) is 0 Å².